The van der Waals surface area contributed by atoms with E-state index in [1.807, 2.05) is 12.1 Å². The fourth-order valence-corrected chi connectivity index (χ4v) is 1.60. The number of carbonyl (C=O) groups excluding carboxylic acids is 1. The van der Waals surface area contributed by atoms with Gasteiger partial charge in [0.2, 0.25) is 19.0 Å². The molecule has 1 aromatic carbocycles. The van der Waals surface area contributed by atoms with Crippen LogP contribution in [-0.4, -0.2) is 26.9 Å². The molecule has 0 radical (unpaired) electrons. The first-order chi connectivity index (χ1) is 7.85. The van der Waals surface area contributed by atoms with E-state index in [0.29, 0.717) is 30.2 Å². The summed E-state index contributed by atoms with van der Waals surface area (Å²) in [5, 5.41) is 2.61. The Balaban J connectivity index is 2.17. The molecule has 0 atom stereocenters. The standard InChI is InChI=1S/C11H13NO4/c1-14-9-4-8(2-3-12-6-13)5-10-11(9)16-7-15-10/h4-6H,2-3,7H2,1H3,(H,12,13). The lowest BCUT2D eigenvalue weighted by Gasteiger charge is -2.07. The molecule has 0 saturated carbocycles. The van der Waals surface area contributed by atoms with Crippen LogP contribution in [0.15, 0.2) is 12.1 Å². The summed E-state index contributed by atoms with van der Waals surface area (Å²) in [7, 11) is 1.59. The fraction of sp³-hybridized carbons (Fsp3) is 0.364. The normalized spacial score (nSPS) is 12.3. The SMILES string of the molecule is COc1cc(CCNC=O)cc2c1OCO2. The minimum Gasteiger partial charge on any atom is -0.493 e. The van der Waals surface area contributed by atoms with Crippen LogP contribution in [0.4, 0.5) is 0 Å². The zero-order valence-corrected chi connectivity index (χ0v) is 8.99. The lowest BCUT2D eigenvalue weighted by Crippen LogP contribution is -2.14. The van der Waals surface area contributed by atoms with Crippen molar-refractivity contribution in [2.45, 2.75) is 6.42 Å². The monoisotopic (exact) mass is 223 g/mol. The number of rotatable bonds is 5. The Kier molecular flexibility index (Phi) is 3.14. The molecule has 86 valence electrons. The predicted molar refractivity (Wildman–Crippen MR) is 56.9 cm³/mol. The van der Waals surface area contributed by atoms with Crippen molar-refractivity contribution < 1.29 is 19.0 Å². The molecule has 0 bridgehead atoms. The summed E-state index contributed by atoms with van der Waals surface area (Å²) < 4.78 is 15.8. The second-order valence-corrected chi connectivity index (χ2v) is 3.35. The smallest absolute Gasteiger partial charge is 0.231 e. The summed E-state index contributed by atoms with van der Waals surface area (Å²) in [6.45, 7) is 0.814. The molecule has 0 saturated heterocycles. The van der Waals surface area contributed by atoms with Crippen LogP contribution in [-0.2, 0) is 11.2 Å². The van der Waals surface area contributed by atoms with E-state index >= 15 is 0 Å². The van der Waals surface area contributed by atoms with Crippen molar-refractivity contribution in [3.63, 3.8) is 0 Å². The van der Waals surface area contributed by atoms with Crippen LogP contribution < -0.4 is 19.5 Å². The van der Waals surface area contributed by atoms with E-state index in [1.165, 1.54) is 0 Å². The Morgan fingerprint density at radius 2 is 2.38 bits per heavy atom. The molecule has 2 rings (SSSR count). The van der Waals surface area contributed by atoms with E-state index in [-0.39, 0.29) is 6.79 Å². The third-order valence-corrected chi connectivity index (χ3v) is 2.36. The number of nitrogens with one attached hydrogen (secondary N) is 1. The molecule has 1 aliphatic heterocycles. The molecule has 1 heterocycles. The Bertz CT molecular complexity index is 392. The van der Waals surface area contributed by atoms with Crippen LogP contribution in [0.5, 0.6) is 17.2 Å². The molecule has 1 aliphatic rings. The summed E-state index contributed by atoms with van der Waals surface area (Å²) in [6.07, 6.45) is 1.41. The van der Waals surface area contributed by atoms with Gasteiger partial charge in [-0.25, -0.2) is 0 Å². The molecule has 1 N–H and O–H groups in total. The van der Waals surface area contributed by atoms with Crippen molar-refractivity contribution in [2.75, 3.05) is 20.4 Å². The van der Waals surface area contributed by atoms with Gasteiger partial charge in [-0.3, -0.25) is 4.79 Å². The Morgan fingerprint density at radius 1 is 1.50 bits per heavy atom. The van der Waals surface area contributed by atoms with Gasteiger partial charge in [-0.15, -0.1) is 0 Å². The second kappa shape index (κ2) is 4.74. The highest BCUT2D eigenvalue weighted by Gasteiger charge is 2.19. The number of hydrogen-bond acceptors (Lipinski definition) is 4. The number of ether oxygens (including phenoxy) is 3. The van der Waals surface area contributed by atoms with Crippen molar-refractivity contribution in [3.05, 3.63) is 17.7 Å². The van der Waals surface area contributed by atoms with Gasteiger partial charge in [0.25, 0.3) is 0 Å². The number of amides is 1. The highest BCUT2D eigenvalue weighted by atomic mass is 16.7. The maximum absolute atomic E-state index is 10.1. The highest BCUT2D eigenvalue weighted by Crippen LogP contribution is 2.41. The molecule has 5 nitrogen and oxygen atoms in total. The quantitative estimate of drug-likeness (QED) is 0.590. The summed E-state index contributed by atoms with van der Waals surface area (Å²) in [6, 6.07) is 3.79. The molecule has 0 fully saturated rings. The van der Waals surface area contributed by atoms with Crippen molar-refractivity contribution >= 4 is 6.41 Å². The average molecular weight is 223 g/mol. The molecule has 1 amide bonds. The molecule has 0 unspecified atom stereocenters. The van der Waals surface area contributed by atoms with E-state index in [4.69, 9.17) is 14.2 Å². The van der Waals surface area contributed by atoms with Crippen LogP contribution in [0.3, 0.4) is 0 Å². The third kappa shape index (κ3) is 2.03. The zero-order chi connectivity index (χ0) is 11.4. The van der Waals surface area contributed by atoms with Gasteiger partial charge in [-0.1, -0.05) is 0 Å². The largest absolute Gasteiger partial charge is 0.493 e. The predicted octanol–water partition coefficient (Wildman–Crippen LogP) is 0.712. The van der Waals surface area contributed by atoms with E-state index in [9.17, 15) is 4.79 Å². The van der Waals surface area contributed by atoms with Crippen LogP contribution >= 0.6 is 0 Å². The first-order valence-electron chi connectivity index (χ1n) is 4.98. The van der Waals surface area contributed by atoms with Crippen molar-refractivity contribution in [3.8, 4) is 17.2 Å². The van der Waals surface area contributed by atoms with Crippen molar-refractivity contribution in [1.82, 2.24) is 5.32 Å². The van der Waals surface area contributed by atoms with E-state index in [1.54, 1.807) is 7.11 Å². The van der Waals surface area contributed by atoms with E-state index in [0.717, 1.165) is 12.0 Å². The van der Waals surface area contributed by atoms with Crippen LogP contribution in [0, 0.1) is 0 Å². The molecule has 0 aliphatic carbocycles. The minimum atomic E-state index is 0.224. The van der Waals surface area contributed by atoms with Gasteiger partial charge in [-0.2, -0.15) is 0 Å². The zero-order valence-electron chi connectivity index (χ0n) is 8.99. The first kappa shape index (κ1) is 10.6. The van der Waals surface area contributed by atoms with E-state index in [2.05, 4.69) is 5.32 Å². The molecule has 1 aromatic rings. The topological polar surface area (TPSA) is 56.8 Å². The summed E-state index contributed by atoms with van der Waals surface area (Å²) >= 11 is 0. The Hall–Kier alpha value is -1.91. The maximum atomic E-state index is 10.1. The third-order valence-electron chi connectivity index (χ3n) is 2.36. The molecule has 0 aromatic heterocycles. The second-order valence-electron chi connectivity index (χ2n) is 3.35. The van der Waals surface area contributed by atoms with Gasteiger partial charge in [0.05, 0.1) is 7.11 Å². The molecule has 5 heteroatoms. The van der Waals surface area contributed by atoms with E-state index < -0.39 is 0 Å². The summed E-state index contributed by atoms with van der Waals surface area (Å²) in [5.41, 5.74) is 1.04. The highest BCUT2D eigenvalue weighted by molar-refractivity contribution is 5.55. The van der Waals surface area contributed by atoms with Gasteiger partial charge in [0, 0.05) is 6.54 Å². The summed E-state index contributed by atoms with van der Waals surface area (Å²) in [5.74, 6) is 2.01. The van der Waals surface area contributed by atoms with Gasteiger partial charge in [-0.05, 0) is 24.1 Å². The average Bonchev–Trinajstić information content (AvgIpc) is 2.76. The molecular formula is C11H13NO4. The number of hydrogen-bond donors (Lipinski definition) is 1. The van der Waals surface area contributed by atoms with Crippen LogP contribution in [0.1, 0.15) is 5.56 Å². The minimum absolute atomic E-state index is 0.224. The Labute approximate surface area is 93.3 Å². The van der Waals surface area contributed by atoms with Crippen molar-refractivity contribution in [1.29, 1.82) is 0 Å². The number of methoxy groups -OCH3 is 1. The lowest BCUT2D eigenvalue weighted by molar-refractivity contribution is -0.109. The van der Waals surface area contributed by atoms with Gasteiger partial charge < -0.3 is 19.5 Å². The van der Waals surface area contributed by atoms with Gasteiger partial charge >= 0.3 is 0 Å². The Morgan fingerprint density at radius 3 is 3.12 bits per heavy atom. The van der Waals surface area contributed by atoms with Crippen molar-refractivity contribution in [2.24, 2.45) is 0 Å². The van der Waals surface area contributed by atoms with Gasteiger partial charge in [0.15, 0.2) is 11.5 Å². The number of carbonyl (C=O) groups is 1. The molecule has 0 spiro atoms. The number of fused-ring (bicyclic) bond motifs is 1. The fourth-order valence-electron chi connectivity index (χ4n) is 1.60. The number of benzene rings is 1. The maximum Gasteiger partial charge on any atom is 0.231 e. The first-order valence-corrected chi connectivity index (χ1v) is 4.98. The summed E-state index contributed by atoms with van der Waals surface area (Å²) in [4.78, 5) is 10.1. The molecular weight excluding hydrogens is 210 g/mol. The molecule has 16 heavy (non-hydrogen) atoms. The van der Waals surface area contributed by atoms with Crippen LogP contribution in [0.2, 0.25) is 0 Å². The lowest BCUT2D eigenvalue weighted by atomic mass is 10.1. The van der Waals surface area contributed by atoms with Crippen LogP contribution in [0.25, 0.3) is 0 Å². The van der Waals surface area contributed by atoms with Gasteiger partial charge in [0.1, 0.15) is 0 Å².